The summed E-state index contributed by atoms with van der Waals surface area (Å²) >= 11 is 1.30. The van der Waals surface area contributed by atoms with E-state index >= 15 is 0 Å². The van der Waals surface area contributed by atoms with Gasteiger partial charge < -0.3 is 15.2 Å². The first kappa shape index (κ1) is 17.8. The highest BCUT2D eigenvalue weighted by Gasteiger charge is 2.10. The van der Waals surface area contributed by atoms with Gasteiger partial charge in [0.25, 0.3) is 0 Å². The SMILES string of the molecule is Cc1nnc(-c2cccc(NC(=O)Nc3ccc(-c4csnn4)cc3)c2)n1C. The van der Waals surface area contributed by atoms with Gasteiger partial charge >= 0.3 is 6.03 Å². The second-order valence-corrected chi connectivity index (χ2v) is 6.77. The normalized spacial score (nSPS) is 10.6. The lowest BCUT2D eigenvalue weighted by Crippen LogP contribution is -2.19. The minimum absolute atomic E-state index is 0.325. The molecule has 2 amide bonds. The summed E-state index contributed by atoms with van der Waals surface area (Å²) < 4.78 is 5.76. The number of benzene rings is 2. The molecule has 0 unspecified atom stereocenters. The smallest absolute Gasteiger partial charge is 0.314 e. The van der Waals surface area contributed by atoms with Crippen molar-refractivity contribution in [3.05, 3.63) is 59.7 Å². The van der Waals surface area contributed by atoms with Crippen LogP contribution in [0.1, 0.15) is 5.82 Å². The molecule has 28 heavy (non-hydrogen) atoms. The predicted octanol–water partition coefficient (Wildman–Crippen LogP) is 3.95. The zero-order valence-corrected chi connectivity index (χ0v) is 16.1. The summed E-state index contributed by atoms with van der Waals surface area (Å²) in [5.41, 5.74) is 4.00. The number of hydrogen-bond acceptors (Lipinski definition) is 6. The Bertz CT molecular complexity index is 1100. The van der Waals surface area contributed by atoms with Gasteiger partial charge in [-0.3, -0.25) is 0 Å². The first-order chi connectivity index (χ1) is 13.6. The van der Waals surface area contributed by atoms with E-state index in [9.17, 15) is 4.79 Å². The van der Waals surface area contributed by atoms with E-state index in [4.69, 9.17) is 0 Å². The number of urea groups is 1. The lowest BCUT2D eigenvalue weighted by molar-refractivity contribution is 0.262. The van der Waals surface area contributed by atoms with Crippen molar-refractivity contribution < 1.29 is 4.79 Å². The van der Waals surface area contributed by atoms with E-state index in [1.165, 1.54) is 11.5 Å². The summed E-state index contributed by atoms with van der Waals surface area (Å²) in [5.74, 6) is 1.57. The monoisotopic (exact) mass is 391 g/mol. The highest BCUT2D eigenvalue weighted by Crippen LogP contribution is 2.22. The van der Waals surface area contributed by atoms with Crippen molar-refractivity contribution >= 4 is 28.9 Å². The number of carbonyl (C=O) groups excluding carboxylic acids is 1. The van der Waals surface area contributed by atoms with Crippen LogP contribution in [0, 0.1) is 6.92 Å². The lowest BCUT2D eigenvalue weighted by Gasteiger charge is -2.09. The van der Waals surface area contributed by atoms with Gasteiger partial charge in [-0.15, -0.1) is 15.3 Å². The van der Waals surface area contributed by atoms with E-state index in [0.29, 0.717) is 11.4 Å². The molecule has 0 spiro atoms. The van der Waals surface area contributed by atoms with Crippen LogP contribution in [0.2, 0.25) is 0 Å². The topological polar surface area (TPSA) is 97.6 Å². The first-order valence-electron chi connectivity index (χ1n) is 8.52. The molecule has 0 atom stereocenters. The molecular formula is C19H17N7OS. The molecule has 0 aliphatic carbocycles. The number of rotatable bonds is 4. The van der Waals surface area contributed by atoms with Crippen LogP contribution in [0.5, 0.6) is 0 Å². The fourth-order valence-electron chi connectivity index (χ4n) is 2.70. The van der Waals surface area contributed by atoms with Gasteiger partial charge in [0.1, 0.15) is 11.5 Å². The molecule has 0 bridgehead atoms. The number of amides is 2. The van der Waals surface area contributed by atoms with Gasteiger partial charge in [0.15, 0.2) is 5.82 Å². The number of hydrogen-bond donors (Lipinski definition) is 2. The highest BCUT2D eigenvalue weighted by atomic mass is 32.1. The van der Waals surface area contributed by atoms with Crippen molar-refractivity contribution in [2.75, 3.05) is 10.6 Å². The summed E-state index contributed by atoms with van der Waals surface area (Å²) in [4.78, 5) is 12.3. The van der Waals surface area contributed by atoms with Crippen LogP contribution < -0.4 is 10.6 Å². The van der Waals surface area contributed by atoms with Gasteiger partial charge in [0, 0.05) is 34.9 Å². The molecule has 0 aliphatic heterocycles. The standard InChI is InChI=1S/C19H17N7OS/c1-12-22-24-18(26(12)2)14-4-3-5-16(10-14)21-19(27)20-15-8-6-13(7-9-15)17-11-28-25-23-17/h3-11H,1-2H3,(H2,20,21,27). The molecule has 4 rings (SSSR count). The Kier molecular flexibility index (Phi) is 4.81. The number of aromatic nitrogens is 5. The third kappa shape index (κ3) is 3.74. The predicted molar refractivity (Wildman–Crippen MR) is 109 cm³/mol. The third-order valence-electron chi connectivity index (χ3n) is 4.27. The maximum absolute atomic E-state index is 12.3. The fourth-order valence-corrected chi connectivity index (χ4v) is 3.17. The minimum atomic E-state index is -0.325. The van der Waals surface area contributed by atoms with Crippen molar-refractivity contribution in [2.45, 2.75) is 6.92 Å². The van der Waals surface area contributed by atoms with Gasteiger partial charge in [-0.25, -0.2) is 4.79 Å². The third-order valence-corrected chi connectivity index (χ3v) is 4.77. The van der Waals surface area contributed by atoms with Gasteiger partial charge in [-0.1, -0.05) is 28.8 Å². The minimum Gasteiger partial charge on any atom is -0.314 e. The van der Waals surface area contributed by atoms with Gasteiger partial charge in [0.05, 0.1) is 0 Å². The second-order valence-electron chi connectivity index (χ2n) is 6.16. The van der Waals surface area contributed by atoms with Crippen LogP contribution in [0.15, 0.2) is 53.9 Å². The Hall–Kier alpha value is -3.59. The molecule has 9 heteroatoms. The second kappa shape index (κ2) is 7.57. The summed E-state index contributed by atoms with van der Waals surface area (Å²) in [5, 5.41) is 19.8. The Morgan fingerprint density at radius 3 is 2.43 bits per heavy atom. The van der Waals surface area contributed by atoms with Crippen LogP contribution in [0.3, 0.4) is 0 Å². The van der Waals surface area contributed by atoms with E-state index in [0.717, 1.165) is 28.5 Å². The molecule has 4 aromatic rings. The maximum atomic E-state index is 12.3. The van der Waals surface area contributed by atoms with Crippen LogP contribution in [0.4, 0.5) is 16.2 Å². The highest BCUT2D eigenvalue weighted by molar-refractivity contribution is 7.03. The zero-order valence-electron chi connectivity index (χ0n) is 15.2. The summed E-state index contributed by atoms with van der Waals surface area (Å²) in [6.07, 6.45) is 0. The van der Waals surface area contributed by atoms with Crippen molar-refractivity contribution in [1.29, 1.82) is 0 Å². The molecule has 0 saturated carbocycles. The summed E-state index contributed by atoms with van der Waals surface area (Å²) in [6.45, 7) is 1.89. The average Bonchev–Trinajstić information content (AvgIpc) is 3.34. The Labute approximate surface area is 165 Å². The molecule has 140 valence electrons. The summed E-state index contributed by atoms with van der Waals surface area (Å²) in [6, 6.07) is 14.6. The molecule has 0 radical (unpaired) electrons. The molecular weight excluding hydrogens is 374 g/mol. The zero-order chi connectivity index (χ0) is 19.5. The van der Waals surface area contributed by atoms with Gasteiger partial charge in [-0.05, 0) is 42.7 Å². The largest absolute Gasteiger partial charge is 0.323 e. The number of nitrogens with one attached hydrogen (secondary N) is 2. The van der Waals surface area contributed by atoms with Crippen molar-refractivity contribution in [2.24, 2.45) is 7.05 Å². The average molecular weight is 391 g/mol. The maximum Gasteiger partial charge on any atom is 0.323 e. The van der Waals surface area contributed by atoms with E-state index in [-0.39, 0.29) is 6.03 Å². The van der Waals surface area contributed by atoms with Gasteiger partial charge in [-0.2, -0.15) is 0 Å². The number of carbonyl (C=O) groups is 1. The van der Waals surface area contributed by atoms with E-state index in [1.54, 1.807) is 0 Å². The van der Waals surface area contributed by atoms with E-state index in [2.05, 4.69) is 30.4 Å². The van der Waals surface area contributed by atoms with Crippen LogP contribution >= 0.6 is 11.5 Å². The van der Waals surface area contributed by atoms with Crippen LogP contribution in [0.25, 0.3) is 22.6 Å². The molecule has 2 heterocycles. The molecule has 2 aromatic carbocycles. The quantitative estimate of drug-likeness (QED) is 0.549. The Morgan fingerprint density at radius 2 is 1.75 bits per heavy atom. The Balaban J connectivity index is 1.44. The first-order valence-corrected chi connectivity index (χ1v) is 9.36. The molecule has 2 aromatic heterocycles. The molecule has 0 saturated heterocycles. The van der Waals surface area contributed by atoms with Crippen LogP contribution in [-0.2, 0) is 7.05 Å². The molecule has 8 nitrogen and oxygen atoms in total. The van der Waals surface area contributed by atoms with Crippen molar-refractivity contribution in [1.82, 2.24) is 24.4 Å². The van der Waals surface area contributed by atoms with Crippen LogP contribution in [-0.4, -0.2) is 30.4 Å². The van der Waals surface area contributed by atoms with E-state index in [1.807, 2.05) is 72.4 Å². The fraction of sp³-hybridized carbons (Fsp3) is 0.105. The van der Waals surface area contributed by atoms with Gasteiger partial charge in [0.2, 0.25) is 0 Å². The number of aryl methyl sites for hydroxylation is 1. The summed E-state index contributed by atoms with van der Waals surface area (Å²) in [7, 11) is 1.91. The Morgan fingerprint density at radius 1 is 0.964 bits per heavy atom. The molecule has 0 fully saturated rings. The van der Waals surface area contributed by atoms with E-state index < -0.39 is 0 Å². The molecule has 0 aliphatic rings. The molecule has 2 N–H and O–H groups in total. The lowest BCUT2D eigenvalue weighted by atomic mass is 10.1. The number of anilines is 2. The number of nitrogens with zero attached hydrogens (tertiary/aromatic N) is 5. The van der Waals surface area contributed by atoms with Crippen molar-refractivity contribution in [3.8, 4) is 22.6 Å². The van der Waals surface area contributed by atoms with Crippen molar-refractivity contribution in [3.63, 3.8) is 0 Å².